The van der Waals surface area contributed by atoms with Crippen molar-refractivity contribution in [3.63, 3.8) is 0 Å². The summed E-state index contributed by atoms with van der Waals surface area (Å²) in [6.07, 6.45) is 7.04. The van der Waals surface area contributed by atoms with Crippen molar-refractivity contribution in [2.75, 3.05) is 20.3 Å². The highest BCUT2D eigenvalue weighted by Gasteiger charge is 2.27. The van der Waals surface area contributed by atoms with Crippen LogP contribution in [0.25, 0.3) is 0 Å². The van der Waals surface area contributed by atoms with Gasteiger partial charge in [-0.1, -0.05) is 37.1 Å². The van der Waals surface area contributed by atoms with E-state index in [1.165, 1.54) is 30.5 Å². The second-order valence-electron chi connectivity index (χ2n) is 9.84. The van der Waals surface area contributed by atoms with Crippen LogP contribution in [-0.4, -0.2) is 26.1 Å². The molecule has 0 heterocycles. The summed E-state index contributed by atoms with van der Waals surface area (Å²) < 4.78 is 30.2. The van der Waals surface area contributed by atoms with Crippen LogP contribution in [0.4, 0.5) is 4.39 Å². The van der Waals surface area contributed by atoms with Gasteiger partial charge in [-0.05, 0) is 97.2 Å². The molecule has 5 heteroatoms. The molecule has 0 unspecified atom stereocenters. The van der Waals surface area contributed by atoms with Crippen molar-refractivity contribution in [1.82, 2.24) is 0 Å². The molecule has 3 aromatic rings. The Morgan fingerprint density at radius 1 is 0.838 bits per heavy atom. The molecule has 37 heavy (non-hydrogen) atoms. The lowest BCUT2D eigenvalue weighted by atomic mass is 9.76. The number of carbonyl (C=O) groups excluding carboxylic acids is 1. The maximum absolute atomic E-state index is 13.1. The van der Waals surface area contributed by atoms with Gasteiger partial charge in [0.1, 0.15) is 23.9 Å². The van der Waals surface area contributed by atoms with Crippen LogP contribution in [0.3, 0.4) is 0 Å². The van der Waals surface area contributed by atoms with Crippen molar-refractivity contribution in [2.45, 2.75) is 57.5 Å². The SMILES string of the molecule is COCCCCC(=O)c1ccc(OC[C@@H]2CCCC[C@H]2c2ccc(OCc3ccc(F)cc3)cc2)cc1. The Hall–Kier alpha value is -3.18. The summed E-state index contributed by atoms with van der Waals surface area (Å²) in [6.45, 7) is 1.77. The summed E-state index contributed by atoms with van der Waals surface area (Å²) in [6, 6.07) is 22.3. The molecule has 0 amide bonds. The average Bonchev–Trinajstić information content (AvgIpc) is 2.94. The molecule has 4 nitrogen and oxygen atoms in total. The Bertz CT molecular complexity index is 1090. The zero-order valence-corrected chi connectivity index (χ0v) is 21.7. The normalized spacial score (nSPS) is 17.4. The molecule has 1 fully saturated rings. The van der Waals surface area contributed by atoms with Gasteiger partial charge in [-0.2, -0.15) is 0 Å². The summed E-state index contributed by atoms with van der Waals surface area (Å²) in [5, 5.41) is 0. The van der Waals surface area contributed by atoms with Gasteiger partial charge in [0.15, 0.2) is 5.78 Å². The van der Waals surface area contributed by atoms with Crippen molar-refractivity contribution in [1.29, 1.82) is 0 Å². The summed E-state index contributed by atoms with van der Waals surface area (Å²) in [5.74, 6) is 2.44. The minimum Gasteiger partial charge on any atom is -0.493 e. The maximum Gasteiger partial charge on any atom is 0.162 e. The second kappa shape index (κ2) is 13.9. The predicted octanol–water partition coefficient (Wildman–Crippen LogP) is 7.76. The summed E-state index contributed by atoms with van der Waals surface area (Å²) in [4.78, 5) is 12.4. The first-order valence-electron chi connectivity index (χ1n) is 13.3. The van der Waals surface area contributed by atoms with Crippen LogP contribution in [0.1, 0.15) is 72.3 Å². The molecular weight excluding hydrogens is 467 g/mol. The number of Topliss-reactive ketones (excluding diaryl/α,β-unsaturated/α-hetero) is 1. The van der Waals surface area contributed by atoms with E-state index in [2.05, 4.69) is 12.1 Å². The number of methoxy groups -OCH3 is 1. The smallest absolute Gasteiger partial charge is 0.162 e. The molecule has 0 aliphatic heterocycles. The van der Waals surface area contributed by atoms with Crippen molar-refractivity contribution in [3.8, 4) is 11.5 Å². The van der Waals surface area contributed by atoms with Gasteiger partial charge in [0.05, 0.1) is 6.61 Å². The van der Waals surface area contributed by atoms with Gasteiger partial charge < -0.3 is 14.2 Å². The van der Waals surface area contributed by atoms with E-state index < -0.39 is 0 Å². The van der Waals surface area contributed by atoms with Crippen molar-refractivity contribution < 1.29 is 23.4 Å². The predicted molar refractivity (Wildman–Crippen MR) is 144 cm³/mol. The zero-order chi connectivity index (χ0) is 25.9. The van der Waals surface area contributed by atoms with E-state index in [0.29, 0.717) is 38.1 Å². The first-order chi connectivity index (χ1) is 18.1. The number of ether oxygens (including phenoxy) is 3. The van der Waals surface area contributed by atoms with E-state index in [1.54, 1.807) is 19.2 Å². The van der Waals surface area contributed by atoms with Crippen LogP contribution >= 0.6 is 0 Å². The molecule has 1 aliphatic rings. The monoisotopic (exact) mass is 504 g/mol. The summed E-state index contributed by atoms with van der Waals surface area (Å²) in [5.41, 5.74) is 2.99. The lowest BCUT2D eigenvalue weighted by Crippen LogP contribution is -2.24. The molecule has 4 rings (SSSR count). The standard InChI is InChI=1S/C32H37FO4/c1-35-21-5-4-8-32(34)26-13-19-30(20-14-26)37-23-27-6-2-3-7-31(27)25-11-17-29(18-12-25)36-22-24-9-15-28(33)16-10-24/h9-20,27,31H,2-8,21-23H2,1H3/t27-,31-/m0/s1. The lowest BCUT2D eigenvalue weighted by Gasteiger charge is -2.32. The minimum atomic E-state index is -0.240. The van der Waals surface area contributed by atoms with Crippen LogP contribution < -0.4 is 9.47 Å². The largest absolute Gasteiger partial charge is 0.493 e. The average molecular weight is 505 g/mol. The highest BCUT2D eigenvalue weighted by molar-refractivity contribution is 5.96. The third-order valence-corrected chi connectivity index (χ3v) is 7.18. The van der Waals surface area contributed by atoms with Crippen LogP contribution in [0.5, 0.6) is 11.5 Å². The van der Waals surface area contributed by atoms with Crippen LogP contribution in [-0.2, 0) is 11.3 Å². The van der Waals surface area contributed by atoms with Crippen LogP contribution in [0, 0.1) is 11.7 Å². The zero-order valence-electron chi connectivity index (χ0n) is 21.7. The van der Waals surface area contributed by atoms with Gasteiger partial charge >= 0.3 is 0 Å². The molecule has 3 aromatic carbocycles. The summed E-state index contributed by atoms with van der Waals surface area (Å²) in [7, 11) is 1.68. The first-order valence-corrected chi connectivity index (χ1v) is 13.3. The number of rotatable bonds is 13. The van der Waals surface area contributed by atoms with E-state index in [4.69, 9.17) is 14.2 Å². The molecule has 0 saturated heterocycles. The van der Waals surface area contributed by atoms with Gasteiger partial charge in [-0.3, -0.25) is 4.79 Å². The molecular formula is C32H37FO4. The van der Waals surface area contributed by atoms with E-state index in [9.17, 15) is 9.18 Å². The number of halogens is 1. The number of ketones is 1. The molecule has 0 bridgehead atoms. The topological polar surface area (TPSA) is 44.8 Å². The molecule has 0 N–H and O–H groups in total. The van der Waals surface area contributed by atoms with E-state index in [-0.39, 0.29) is 11.6 Å². The second-order valence-corrected chi connectivity index (χ2v) is 9.84. The molecule has 0 spiro atoms. The van der Waals surface area contributed by atoms with Gasteiger partial charge in [0.25, 0.3) is 0 Å². The number of carbonyl (C=O) groups is 1. The third kappa shape index (κ3) is 8.16. The molecule has 2 atom stereocenters. The Balaban J connectivity index is 1.28. The third-order valence-electron chi connectivity index (χ3n) is 7.18. The van der Waals surface area contributed by atoms with Gasteiger partial charge in [-0.15, -0.1) is 0 Å². The first kappa shape index (κ1) is 26.9. The van der Waals surface area contributed by atoms with Crippen LogP contribution in [0.15, 0.2) is 72.8 Å². The number of unbranched alkanes of at least 4 members (excludes halogenated alkanes) is 1. The van der Waals surface area contributed by atoms with E-state index in [1.807, 2.05) is 36.4 Å². The molecule has 196 valence electrons. The van der Waals surface area contributed by atoms with E-state index >= 15 is 0 Å². The Morgan fingerprint density at radius 3 is 2.24 bits per heavy atom. The van der Waals surface area contributed by atoms with Gasteiger partial charge in [0, 0.05) is 25.7 Å². The quantitative estimate of drug-likeness (QED) is 0.176. The Kier molecular flexibility index (Phi) is 10.1. The number of hydrogen-bond donors (Lipinski definition) is 0. The highest BCUT2D eigenvalue weighted by Crippen LogP contribution is 2.38. The minimum absolute atomic E-state index is 0.167. The molecule has 0 aromatic heterocycles. The van der Waals surface area contributed by atoms with E-state index in [0.717, 1.165) is 48.3 Å². The van der Waals surface area contributed by atoms with Crippen molar-refractivity contribution >= 4 is 5.78 Å². The highest BCUT2D eigenvalue weighted by atomic mass is 19.1. The van der Waals surface area contributed by atoms with Crippen molar-refractivity contribution in [2.24, 2.45) is 5.92 Å². The number of hydrogen-bond acceptors (Lipinski definition) is 4. The fourth-order valence-electron chi connectivity index (χ4n) is 5.02. The lowest BCUT2D eigenvalue weighted by molar-refractivity contribution is 0.0975. The van der Waals surface area contributed by atoms with Crippen molar-refractivity contribution in [3.05, 3.63) is 95.3 Å². The Labute approximate surface area is 219 Å². The van der Waals surface area contributed by atoms with Gasteiger partial charge in [-0.25, -0.2) is 4.39 Å². The Morgan fingerprint density at radius 2 is 1.51 bits per heavy atom. The fraction of sp³-hybridized carbons (Fsp3) is 0.406. The molecule has 1 aliphatic carbocycles. The summed E-state index contributed by atoms with van der Waals surface area (Å²) >= 11 is 0. The number of benzene rings is 3. The maximum atomic E-state index is 13.1. The fourth-order valence-corrected chi connectivity index (χ4v) is 5.02. The van der Waals surface area contributed by atoms with Gasteiger partial charge in [0.2, 0.25) is 0 Å². The molecule has 1 saturated carbocycles. The van der Waals surface area contributed by atoms with Crippen LogP contribution in [0.2, 0.25) is 0 Å². The molecule has 0 radical (unpaired) electrons.